The average molecular weight is 283 g/mol. The summed E-state index contributed by atoms with van der Waals surface area (Å²) in [5.74, 6) is 0. The van der Waals surface area contributed by atoms with Crippen LogP contribution in [0.5, 0.6) is 0 Å². The molecule has 2 aromatic heterocycles. The van der Waals surface area contributed by atoms with Crippen molar-refractivity contribution < 1.29 is 8.78 Å². The summed E-state index contributed by atoms with van der Waals surface area (Å²) in [5, 5.41) is 11.5. The SMILES string of the molecule is CCCn1cc(NCc2cnn(CC(F)F)c2)c(C)n1. The van der Waals surface area contributed by atoms with Crippen LogP contribution < -0.4 is 5.32 Å². The monoisotopic (exact) mass is 283 g/mol. The first-order valence-electron chi connectivity index (χ1n) is 6.66. The number of hydrogen-bond donors (Lipinski definition) is 1. The molecule has 0 radical (unpaired) electrons. The van der Waals surface area contributed by atoms with Gasteiger partial charge in [-0.25, -0.2) is 8.78 Å². The van der Waals surface area contributed by atoms with Crippen LogP contribution in [0, 0.1) is 6.92 Å². The van der Waals surface area contributed by atoms with Gasteiger partial charge in [-0.2, -0.15) is 10.2 Å². The van der Waals surface area contributed by atoms with Crippen LogP contribution in [0.15, 0.2) is 18.6 Å². The molecule has 110 valence electrons. The second kappa shape index (κ2) is 6.49. The van der Waals surface area contributed by atoms with Gasteiger partial charge in [-0.3, -0.25) is 9.36 Å². The zero-order valence-corrected chi connectivity index (χ0v) is 11.7. The van der Waals surface area contributed by atoms with Gasteiger partial charge in [0.2, 0.25) is 0 Å². The van der Waals surface area contributed by atoms with Crippen molar-refractivity contribution in [3.8, 4) is 0 Å². The van der Waals surface area contributed by atoms with E-state index in [4.69, 9.17) is 0 Å². The first-order valence-corrected chi connectivity index (χ1v) is 6.66. The fraction of sp³-hybridized carbons (Fsp3) is 0.538. The van der Waals surface area contributed by atoms with Gasteiger partial charge in [-0.05, 0) is 13.3 Å². The van der Waals surface area contributed by atoms with Crippen LogP contribution in [0.2, 0.25) is 0 Å². The number of nitrogens with one attached hydrogen (secondary N) is 1. The van der Waals surface area contributed by atoms with Crippen LogP contribution in [0.3, 0.4) is 0 Å². The van der Waals surface area contributed by atoms with Gasteiger partial charge in [0.1, 0.15) is 6.54 Å². The number of halogens is 2. The summed E-state index contributed by atoms with van der Waals surface area (Å²) in [6.45, 7) is 5.10. The Balaban J connectivity index is 1.93. The molecule has 7 heteroatoms. The molecule has 2 aromatic rings. The second-order valence-corrected chi connectivity index (χ2v) is 4.71. The van der Waals surface area contributed by atoms with Crippen molar-refractivity contribution in [2.75, 3.05) is 5.32 Å². The van der Waals surface area contributed by atoms with Crippen molar-refractivity contribution in [2.24, 2.45) is 0 Å². The van der Waals surface area contributed by atoms with Crippen LogP contribution in [0.25, 0.3) is 0 Å². The van der Waals surface area contributed by atoms with Gasteiger partial charge in [0.15, 0.2) is 0 Å². The summed E-state index contributed by atoms with van der Waals surface area (Å²) in [4.78, 5) is 0. The minimum absolute atomic E-state index is 0.368. The second-order valence-electron chi connectivity index (χ2n) is 4.71. The molecule has 5 nitrogen and oxygen atoms in total. The Bertz CT molecular complexity index is 547. The minimum Gasteiger partial charge on any atom is -0.378 e. The standard InChI is InChI=1S/C13H19F2N5/c1-3-4-19-8-12(10(2)18-19)16-5-11-6-17-20(7-11)9-13(14)15/h6-8,13,16H,3-5,9H2,1-2H3. The van der Waals surface area contributed by atoms with Gasteiger partial charge in [-0.1, -0.05) is 6.92 Å². The van der Waals surface area contributed by atoms with E-state index in [-0.39, 0.29) is 6.54 Å². The predicted molar refractivity (Wildman–Crippen MR) is 72.8 cm³/mol. The first-order chi connectivity index (χ1) is 9.58. The normalized spacial score (nSPS) is 11.2. The Labute approximate surface area is 116 Å². The molecular formula is C13H19F2N5. The van der Waals surface area contributed by atoms with Gasteiger partial charge in [0.05, 0.1) is 17.6 Å². The van der Waals surface area contributed by atoms with Crippen LogP contribution >= 0.6 is 0 Å². The largest absolute Gasteiger partial charge is 0.378 e. The molecule has 1 N–H and O–H groups in total. The van der Waals surface area contributed by atoms with E-state index in [1.165, 1.54) is 4.68 Å². The first kappa shape index (κ1) is 14.5. The van der Waals surface area contributed by atoms with Crippen molar-refractivity contribution >= 4 is 5.69 Å². The van der Waals surface area contributed by atoms with E-state index in [1.54, 1.807) is 12.4 Å². The Morgan fingerprint density at radius 1 is 1.30 bits per heavy atom. The molecule has 0 aromatic carbocycles. The fourth-order valence-electron chi connectivity index (χ4n) is 1.97. The van der Waals surface area contributed by atoms with Gasteiger partial charge >= 0.3 is 0 Å². The quantitative estimate of drug-likeness (QED) is 0.850. The zero-order valence-electron chi connectivity index (χ0n) is 11.7. The van der Waals surface area contributed by atoms with E-state index < -0.39 is 6.43 Å². The van der Waals surface area contributed by atoms with E-state index in [0.29, 0.717) is 6.54 Å². The number of aromatic nitrogens is 4. The summed E-state index contributed by atoms with van der Waals surface area (Å²) in [6.07, 6.45) is 3.83. The van der Waals surface area contributed by atoms with Gasteiger partial charge in [0, 0.05) is 31.0 Å². The van der Waals surface area contributed by atoms with E-state index in [9.17, 15) is 8.78 Å². The Morgan fingerprint density at radius 3 is 2.80 bits per heavy atom. The lowest BCUT2D eigenvalue weighted by atomic mass is 10.3. The summed E-state index contributed by atoms with van der Waals surface area (Å²) in [7, 11) is 0. The molecule has 0 bridgehead atoms. The Morgan fingerprint density at radius 2 is 2.10 bits per heavy atom. The number of nitrogens with zero attached hydrogens (tertiary/aromatic N) is 4. The summed E-state index contributed by atoms with van der Waals surface area (Å²) >= 11 is 0. The lowest BCUT2D eigenvalue weighted by molar-refractivity contribution is 0.122. The number of rotatable bonds is 7. The molecule has 0 spiro atoms. The maximum Gasteiger partial charge on any atom is 0.257 e. The smallest absolute Gasteiger partial charge is 0.257 e. The van der Waals surface area contributed by atoms with Crippen molar-refractivity contribution in [2.45, 2.75) is 46.3 Å². The molecule has 0 unspecified atom stereocenters. The molecule has 0 amide bonds. The predicted octanol–water partition coefficient (Wildman–Crippen LogP) is 2.68. The van der Waals surface area contributed by atoms with Crippen LogP contribution in [-0.4, -0.2) is 26.0 Å². The minimum atomic E-state index is -2.38. The van der Waals surface area contributed by atoms with Crippen molar-refractivity contribution in [1.29, 1.82) is 0 Å². The summed E-state index contributed by atoms with van der Waals surface area (Å²) in [6, 6.07) is 0. The van der Waals surface area contributed by atoms with Gasteiger partial charge < -0.3 is 5.32 Å². The highest BCUT2D eigenvalue weighted by atomic mass is 19.3. The third-order valence-electron chi connectivity index (χ3n) is 2.89. The molecule has 0 aliphatic carbocycles. The highest BCUT2D eigenvalue weighted by Gasteiger charge is 2.07. The Hall–Kier alpha value is -1.92. The van der Waals surface area contributed by atoms with Crippen LogP contribution in [0.4, 0.5) is 14.5 Å². The number of alkyl halides is 2. The molecule has 0 saturated heterocycles. The molecule has 0 saturated carbocycles. The lowest BCUT2D eigenvalue weighted by Gasteiger charge is -2.02. The molecule has 20 heavy (non-hydrogen) atoms. The van der Waals surface area contributed by atoms with Crippen molar-refractivity contribution in [1.82, 2.24) is 19.6 Å². The van der Waals surface area contributed by atoms with Crippen molar-refractivity contribution in [3.63, 3.8) is 0 Å². The highest BCUT2D eigenvalue weighted by Crippen LogP contribution is 2.14. The molecular weight excluding hydrogens is 264 g/mol. The molecule has 2 rings (SSSR count). The topological polar surface area (TPSA) is 47.7 Å². The number of anilines is 1. The number of hydrogen-bond acceptors (Lipinski definition) is 3. The number of aryl methyl sites for hydroxylation is 2. The van der Waals surface area contributed by atoms with Crippen molar-refractivity contribution in [3.05, 3.63) is 29.8 Å². The van der Waals surface area contributed by atoms with Crippen LogP contribution in [0.1, 0.15) is 24.6 Å². The molecule has 0 aliphatic rings. The fourth-order valence-corrected chi connectivity index (χ4v) is 1.97. The maximum atomic E-state index is 12.2. The van der Waals surface area contributed by atoms with Gasteiger partial charge in [-0.15, -0.1) is 0 Å². The Kier molecular flexibility index (Phi) is 4.70. The van der Waals surface area contributed by atoms with E-state index >= 15 is 0 Å². The zero-order chi connectivity index (χ0) is 14.5. The maximum absolute atomic E-state index is 12.2. The van der Waals surface area contributed by atoms with E-state index in [0.717, 1.165) is 29.9 Å². The molecule has 0 aliphatic heterocycles. The highest BCUT2D eigenvalue weighted by molar-refractivity contribution is 5.45. The average Bonchev–Trinajstić information content (AvgIpc) is 2.94. The molecule has 0 atom stereocenters. The third kappa shape index (κ3) is 3.79. The summed E-state index contributed by atoms with van der Waals surface area (Å²) in [5.41, 5.74) is 2.76. The van der Waals surface area contributed by atoms with Gasteiger partial charge in [0.25, 0.3) is 6.43 Å². The molecule has 0 fully saturated rings. The summed E-state index contributed by atoms with van der Waals surface area (Å²) < 4.78 is 27.6. The molecule has 2 heterocycles. The van der Waals surface area contributed by atoms with Crippen LogP contribution in [-0.2, 0) is 19.6 Å². The lowest BCUT2D eigenvalue weighted by Crippen LogP contribution is -2.06. The van der Waals surface area contributed by atoms with E-state index in [2.05, 4.69) is 22.4 Å². The van der Waals surface area contributed by atoms with E-state index in [1.807, 2.05) is 17.8 Å². The third-order valence-corrected chi connectivity index (χ3v) is 2.89.